The standard InChI is InChI=1S/C9H14O4/c1-3-13-9(11)5-7-12-6-4-8(2)10/h5,7H,3-4,6H2,1-2H3. The molecule has 0 rings (SSSR count). The highest BCUT2D eigenvalue weighted by Crippen LogP contribution is 1.87. The summed E-state index contributed by atoms with van der Waals surface area (Å²) in [4.78, 5) is 21.1. The molecule has 0 saturated carbocycles. The van der Waals surface area contributed by atoms with Crippen LogP contribution in [0.5, 0.6) is 0 Å². The molecule has 0 aromatic heterocycles. The first kappa shape index (κ1) is 11.7. The Balaban J connectivity index is 3.40. The molecule has 0 N–H and O–H groups in total. The summed E-state index contributed by atoms with van der Waals surface area (Å²) in [6.07, 6.45) is 2.78. The van der Waals surface area contributed by atoms with Crippen molar-refractivity contribution in [3.63, 3.8) is 0 Å². The summed E-state index contributed by atoms with van der Waals surface area (Å²) in [5.74, 6) is -0.380. The fraction of sp³-hybridized carbons (Fsp3) is 0.556. The lowest BCUT2D eigenvalue weighted by Gasteiger charge is -1.97. The third-order valence-corrected chi connectivity index (χ3v) is 1.16. The van der Waals surface area contributed by atoms with E-state index >= 15 is 0 Å². The zero-order valence-electron chi connectivity index (χ0n) is 7.91. The van der Waals surface area contributed by atoms with E-state index in [0.29, 0.717) is 19.6 Å². The fourth-order valence-electron chi connectivity index (χ4n) is 0.565. The molecule has 0 aromatic carbocycles. The molecule has 0 heterocycles. The summed E-state index contributed by atoms with van der Waals surface area (Å²) in [6.45, 7) is 3.85. The van der Waals surface area contributed by atoms with Gasteiger partial charge in [-0.05, 0) is 13.8 Å². The van der Waals surface area contributed by atoms with Crippen molar-refractivity contribution in [3.05, 3.63) is 12.3 Å². The van der Waals surface area contributed by atoms with Gasteiger partial charge in [0.2, 0.25) is 0 Å². The van der Waals surface area contributed by atoms with E-state index in [2.05, 4.69) is 4.74 Å². The molecule has 0 aliphatic rings. The average Bonchev–Trinajstić information content (AvgIpc) is 2.03. The molecule has 13 heavy (non-hydrogen) atoms. The second-order valence-electron chi connectivity index (χ2n) is 2.38. The lowest BCUT2D eigenvalue weighted by Crippen LogP contribution is -2.00. The van der Waals surface area contributed by atoms with Crippen LogP contribution in [0, 0.1) is 0 Å². The van der Waals surface area contributed by atoms with Crippen LogP contribution in [0.15, 0.2) is 12.3 Å². The average molecular weight is 186 g/mol. The van der Waals surface area contributed by atoms with Gasteiger partial charge in [-0.2, -0.15) is 0 Å². The van der Waals surface area contributed by atoms with Crippen molar-refractivity contribution in [2.75, 3.05) is 13.2 Å². The Morgan fingerprint density at radius 1 is 1.38 bits per heavy atom. The number of ether oxygens (including phenoxy) is 2. The largest absolute Gasteiger partial charge is 0.500 e. The second-order valence-corrected chi connectivity index (χ2v) is 2.38. The monoisotopic (exact) mass is 186 g/mol. The first-order valence-electron chi connectivity index (χ1n) is 4.11. The molecule has 0 radical (unpaired) electrons. The van der Waals surface area contributed by atoms with E-state index in [1.165, 1.54) is 19.3 Å². The number of Topliss-reactive ketones (excluding diaryl/α,β-unsaturated/α-hetero) is 1. The highest BCUT2D eigenvalue weighted by atomic mass is 16.5. The van der Waals surface area contributed by atoms with Gasteiger partial charge in [0.05, 0.1) is 25.6 Å². The van der Waals surface area contributed by atoms with Crippen LogP contribution >= 0.6 is 0 Å². The van der Waals surface area contributed by atoms with Crippen LogP contribution in [-0.4, -0.2) is 25.0 Å². The van der Waals surface area contributed by atoms with E-state index in [0.717, 1.165) is 0 Å². The molecule has 4 heteroatoms. The van der Waals surface area contributed by atoms with Crippen molar-refractivity contribution in [1.82, 2.24) is 0 Å². The fourth-order valence-corrected chi connectivity index (χ4v) is 0.565. The van der Waals surface area contributed by atoms with Gasteiger partial charge in [0.15, 0.2) is 0 Å². The van der Waals surface area contributed by atoms with E-state index < -0.39 is 5.97 Å². The van der Waals surface area contributed by atoms with Gasteiger partial charge >= 0.3 is 5.97 Å². The molecule has 74 valence electrons. The number of carbonyl (C=O) groups excluding carboxylic acids is 2. The molecule has 0 unspecified atom stereocenters. The summed E-state index contributed by atoms with van der Waals surface area (Å²) in [6, 6.07) is 0. The minimum Gasteiger partial charge on any atom is -0.500 e. The summed E-state index contributed by atoms with van der Waals surface area (Å²) in [5, 5.41) is 0. The van der Waals surface area contributed by atoms with Crippen molar-refractivity contribution in [2.24, 2.45) is 0 Å². The molecule has 0 aromatic rings. The molecule has 0 aliphatic carbocycles. The van der Waals surface area contributed by atoms with Crippen LogP contribution in [0.4, 0.5) is 0 Å². The Bertz CT molecular complexity index is 196. The Morgan fingerprint density at radius 2 is 2.08 bits per heavy atom. The number of carbonyl (C=O) groups is 2. The molecular formula is C9H14O4. The first-order valence-corrected chi connectivity index (χ1v) is 4.11. The van der Waals surface area contributed by atoms with E-state index in [1.807, 2.05) is 0 Å². The van der Waals surface area contributed by atoms with Gasteiger partial charge in [0.1, 0.15) is 5.78 Å². The zero-order chi connectivity index (χ0) is 10.1. The summed E-state index contributed by atoms with van der Waals surface area (Å²) in [7, 11) is 0. The predicted octanol–water partition coefficient (Wildman–Crippen LogP) is 1.06. The Labute approximate surface area is 77.5 Å². The van der Waals surface area contributed by atoms with Crippen molar-refractivity contribution in [2.45, 2.75) is 20.3 Å². The number of ketones is 1. The molecule has 0 spiro atoms. The molecule has 0 aliphatic heterocycles. The van der Waals surface area contributed by atoms with E-state index in [-0.39, 0.29) is 5.78 Å². The highest BCUT2D eigenvalue weighted by Gasteiger charge is 1.93. The van der Waals surface area contributed by atoms with E-state index in [4.69, 9.17) is 4.74 Å². The molecule has 0 saturated heterocycles. The maximum atomic E-state index is 10.7. The van der Waals surface area contributed by atoms with Gasteiger partial charge < -0.3 is 9.47 Å². The topological polar surface area (TPSA) is 52.6 Å². The van der Waals surface area contributed by atoms with Crippen LogP contribution in [0.3, 0.4) is 0 Å². The number of hydrogen-bond acceptors (Lipinski definition) is 4. The summed E-state index contributed by atoms with van der Waals surface area (Å²) in [5.41, 5.74) is 0. The molecule has 0 amide bonds. The molecule has 4 nitrogen and oxygen atoms in total. The maximum absolute atomic E-state index is 10.7. The lowest BCUT2D eigenvalue weighted by molar-refractivity contribution is -0.137. The van der Waals surface area contributed by atoms with Gasteiger partial charge in [0.25, 0.3) is 0 Å². The van der Waals surface area contributed by atoms with Gasteiger partial charge in [-0.3, -0.25) is 4.79 Å². The molecule has 0 fully saturated rings. The van der Waals surface area contributed by atoms with Crippen LogP contribution in [-0.2, 0) is 19.1 Å². The summed E-state index contributed by atoms with van der Waals surface area (Å²) >= 11 is 0. The van der Waals surface area contributed by atoms with Crippen LogP contribution in [0.1, 0.15) is 20.3 Å². The summed E-state index contributed by atoms with van der Waals surface area (Å²) < 4.78 is 9.46. The Morgan fingerprint density at radius 3 is 2.62 bits per heavy atom. The minimum absolute atomic E-state index is 0.0598. The third-order valence-electron chi connectivity index (χ3n) is 1.16. The zero-order valence-corrected chi connectivity index (χ0v) is 7.91. The van der Waals surface area contributed by atoms with Crippen molar-refractivity contribution >= 4 is 11.8 Å². The van der Waals surface area contributed by atoms with E-state index in [9.17, 15) is 9.59 Å². The second kappa shape index (κ2) is 7.34. The maximum Gasteiger partial charge on any atom is 0.333 e. The molecule has 0 bridgehead atoms. The minimum atomic E-state index is -0.440. The van der Waals surface area contributed by atoms with Crippen molar-refractivity contribution in [1.29, 1.82) is 0 Å². The number of hydrogen-bond donors (Lipinski definition) is 0. The van der Waals surface area contributed by atoms with Crippen molar-refractivity contribution in [3.8, 4) is 0 Å². The van der Waals surface area contributed by atoms with Gasteiger partial charge in [-0.15, -0.1) is 0 Å². The van der Waals surface area contributed by atoms with Crippen LogP contribution in [0.25, 0.3) is 0 Å². The predicted molar refractivity (Wildman–Crippen MR) is 47.0 cm³/mol. The Hall–Kier alpha value is -1.32. The SMILES string of the molecule is CCOC(=O)C=COCCC(C)=O. The third kappa shape index (κ3) is 8.59. The Kier molecular flexibility index (Phi) is 6.59. The number of esters is 1. The van der Waals surface area contributed by atoms with E-state index in [1.54, 1.807) is 6.92 Å². The number of rotatable bonds is 6. The molecule has 0 atom stereocenters. The van der Waals surface area contributed by atoms with Gasteiger partial charge in [-0.1, -0.05) is 0 Å². The smallest absolute Gasteiger partial charge is 0.333 e. The lowest BCUT2D eigenvalue weighted by atomic mass is 10.3. The quantitative estimate of drug-likeness (QED) is 0.269. The van der Waals surface area contributed by atoms with Crippen LogP contribution < -0.4 is 0 Å². The first-order chi connectivity index (χ1) is 6.16. The van der Waals surface area contributed by atoms with Gasteiger partial charge in [-0.25, -0.2) is 4.79 Å². The van der Waals surface area contributed by atoms with Crippen molar-refractivity contribution < 1.29 is 19.1 Å². The van der Waals surface area contributed by atoms with Crippen LogP contribution in [0.2, 0.25) is 0 Å². The molecular weight excluding hydrogens is 172 g/mol. The van der Waals surface area contributed by atoms with Gasteiger partial charge in [0, 0.05) is 6.42 Å². The highest BCUT2D eigenvalue weighted by molar-refractivity contribution is 5.81. The normalized spacial score (nSPS) is 10.0.